The van der Waals surface area contributed by atoms with Gasteiger partial charge in [-0.2, -0.15) is 5.10 Å². The predicted molar refractivity (Wildman–Crippen MR) is 103 cm³/mol. The minimum atomic E-state index is -0.304. The van der Waals surface area contributed by atoms with Crippen molar-refractivity contribution in [3.63, 3.8) is 0 Å². The van der Waals surface area contributed by atoms with E-state index in [1.165, 1.54) is 5.56 Å². The van der Waals surface area contributed by atoms with Gasteiger partial charge in [-0.15, -0.1) is 0 Å². The maximum atomic E-state index is 12.2. The molecule has 1 heterocycles. The molecular weight excluding hydrogens is 373 g/mol. The van der Waals surface area contributed by atoms with Crippen LogP contribution in [0.1, 0.15) is 11.1 Å². The number of nitrogens with zero attached hydrogens (tertiary/aromatic N) is 2. The Balaban J connectivity index is 1.60. The number of carbonyl (C=O) groups is 1. The van der Waals surface area contributed by atoms with Crippen molar-refractivity contribution in [2.24, 2.45) is 0 Å². The molecule has 5 nitrogen and oxygen atoms in total. The van der Waals surface area contributed by atoms with E-state index in [-0.39, 0.29) is 12.5 Å². The highest BCUT2D eigenvalue weighted by atomic mass is 35.5. The van der Waals surface area contributed by atoms with Gasteiger partial charge < -0.3 is 10.1 Å². The van der Waals surface area contributed by atoms with Crippen LogP contribution in [-0.4, -0.2) is 22.3 Å². The number of benzene rings is 2. The largest absolute Gasteiger partial charge is 0.482 e. The molecule has 7 heteroatoms. The van der Waals surface area contributed by atoms with Crippen molar-refractivity contribution in [3.8, 4) is 5.75 Å². The van der Waals surface area contributed by atoms with Gasteiger partial charge in [0, 0.05) is 11.1 Å². The number of carbonyl (C=O) groups excluding carboxylic acids is 1. The molecule has 0 aliphatic rings. The Morgan fingerprint density at radius 1 is 1.19 bits per heavy atom. The normalized spacial score (nSPS) is 10.6. The zero-order valence-electron chi connectivity index (χ0n) is 14.1. The van der Waals surface area contributed by atoms with Crippen molar-refractivity contribution in [2.75, 3.05) is 11.9 Å². The Morgan fingerprint density at radius 2 is 2.04 bits per heavy atom. The second kappa shape index (κ2) is 8.25. The highest BCUT2D eigenvalue weighted by molar-refractivity contribution is 6.35. The third kappa shape index (κ3) is 4.77. The van der Waals surface area contributed by atoms with Crippen molar-refractivity contribution in [1.29, 1.82) is 0 Å². The first-order valence-electron chi connectivity index (χ1n) is 7.96. The first kappa shape index (κ1) is 18.3. The van der Waals surface area contributed by atoms with Crippen LogP contribution in [0, 0.1) is 6.92 Å². The van der Waals surface area contributed by atoms with E-state index in [9.17, 15) is 4.79 Å². The third-order valence-corrected chi connectivity index (χ3v) is 4.18. The lowest BCUT2D eigenvalue weighted by molar-refractivity contribution is -0.118. The number of ether oxygens (including phenoxy) is 1. The first-order chi connectivity index (χ1) is 12.5. The Kier molecular flexibility index (Phi) is 5.81. The molecule has 3 aromatic rings. The summed E-state index contributed by atoms with van der Waals surface area (Å²) in [5, 5.41) is 7.92. The average Bonchev–Trinajstić information content (AvgIpc) is 3.01. The van der Waals surface area contributed by atoms with Crippen molar-refractivity contribution in [3.05, 3.63) is 75.9 Å². The Bertz CT molecular complexity index is 925. The lowest BCUT2D eigenvalue weighted by atomic mass is 10.1. The third-order valence-electron chi connectivity index (χ3n) is 3.65. The molecule has 0 saturated heterocycles. The molecule has 0 aliphatic heterocycles. The number of nitrogens with one attached hydrogen (secondary N) is 1. The van der Waals surface area contributed by atoms with Crippen LogP contribution in [0.25, 0.3) is 0 Å². The minimum Gasteiger partial charge on any atom is -0.482 e. The van der Waals surface area contributed by atoms with Gasteiger partial charge in [-0.1, -0.05) is 53.0 Å². The van der Waals surface area contributed by atoms with Crippen molar-refractivity contribution in [1.82, 2.24) is 9.78 Å². The van der Waals surface area contributed by atoms with Crippen LogP contribution in [0.4, 0.5) is 5.82 Å². The van der Waals surface area contributed by atoms with E-state index in [0.717, 1.165) is 5.56 Å². The van der Waals surface area contributed by atoms with E-state index in [2.05, 4.69) is 16.5 Å². The Morgan fingerprint density at radius 3 is 2.81 bits per heavy atom. The van der Waals surface area contributed by atoms with E-state index in [4.69, 9.17) is 27.9 Å². The number of hydrogen-bond donors (Lipinski definition) is 1. The fourth-order valence-electron chi connectivity index (χ4n) is 2.46. The molecule has 0 unspecified atom stereocenters. The number of hydrogen-bond acceptors (Lipinski definition) is 3. The second-order valence-corrected chi connectivity index (χ2v) is 6.62. The fraction of sp³-hybridized carbons (Fsp3) is 0.158. The molecule has 0 radical (unpaired) electrons. The monoisotopic (exact) mass is 389 g/mol. The summed E-state index contributed by atoms with van der Waals surface area (Å²) >= 11 is 11.9. The maximum Gasteiger partial charge on any atom is 0.263 e. The van der Waals surface area contributed by atoms with Gasteiger partial charge in [-0.25, -0.2) is 4.68 Å². The van der Waals surface area contributed by atoms with Gasteiger partial charge in [0.15, 0.2) is 6.61 Å². The van der Waals surface area contributed by atoms with Crippen molar-refractivity contribution >= 4 is 34.9 Å². The molecule has 0 saturated carbocycles. The maximum absolute atomic E-state index is 12.2. The smallest absolute Gasteiger partial charge is 0.263 e. The van der Waals surface area contributed by atoms with Crippen LogP contribution in [0.15, 0.2) is 54.7 Å². The van der Waals surface area contributed by atoms with Gasteiger partial charge in [-0.3, -0.25) is 4.79 Å². The number of rotatable bonds is 6. The van der Waals surface area contributed by atoms with E-state index in [1.54, 1.807) is 35.1 Å². The van der Waals surface area contributed by atoms with E-state index in [1.807, 2.05) is 25.1 Å². The highest BCUT2D eigenvalue weighted by Crippen LogP contribution is 2.27. The second-order valence-electron chi connectivity index (χ2n) is 5.77. The zero-order valence-corrected chi connectivity index (χ0v) is 15.6. The summed E-state index contributed by atoms with van der Waals surface area (Å²) in [6.45, 7) is 2.43. The van der Waals surface area contributed by atoms with Gasteiger partial charge in [0.25, 0.3) is 5.91 Å². The SMILES string of the molecule is Cc1cccc(Cn2nccc2NC(=O)COc2ccc(Cl)cc2Cl)c1. The molecule has 2 aromatic carbocycles. The quantitative estimate of drug-likeness (QED) is 0.671. The topological polar surface area (TPSA) is 56.2 Å². The standard InChI is InChI=1S/C19H17Cl2N3O2/c1-13-3-2-4-14(9-13)11-24-18(7-8-22-24)23-19(25)12-26-17-6-5-15(20)10-16(17)21/h2-10H,11-12H2,1H3,(H,23,25). The molecule has 0 fully saturated rings. The summed E-state index contributed by atoms with van der Waals surface area (Å²) in [5.74, 6) is 0.698. The number of anilines is 1. The predicted octanol–water partition coefficient (Wildman–Crippen LogP) is 4.56. The number of aryl methyl sites for hydroxylation is 1. The summed E-state index contributed by atoms with van der Waals surface area (Å²) in [7, 11) is 0. The van der Waals surface area contributed by atoms with Crippen LogP contribution in [-0.2, 0) is 11.3 Å². The van der Waals surface area contributed by atoms with Gasteiger partial charge in [0.1, 0.15) is 11.6 Å². The minimum absolute atomic E-state index is 0.170. The molecule has 1 amide bonds. The first-order valence-corrected chi connectivity index (χ1v) is 8.72. The lowest BCUT2D eigenvalue weighted by Gasteiger charge is -2.11. The molecule has 0 spiro atoms. The lowest BCUT2D eigenvalue weighted by Crippen LogP contribution is -2.22. The number of amides is 1. The van der Waals surface area contributed by atoms with Crippen LogP contribution in [0.3, 0.4) is 0 Å². The van der Waals surface area contributed by atoms with E-state index < -0.39 is 0 Å². The van der Waals surface area contributed by atoms with E-state index >= 15 is 0 Å². The van der Waals surface area contributed by atoms with Gasteiger partial charge in [-0.05, 0) is 30.7 Å². The molecule has 0 atom stereocenters. The summed E-state index contributed by atoms with van der Waals surface area (Å²) in [4.78, 5) is 12.2. The van der Waals surface area contributed by atoms with Crippen molar-refractivity contribution < 1.29 is 9.53 Å². The summed E-state index contributed by atoms with van der Waals surface area (Å²) in [5.41, 5.74) is 2.28. The summed E-state index contributed by atoms with van der Waals surface area (Å²) in [6, 6.07) is 14.7. The molecule has 1 aromatic heterocycles. The molecule has 3 rings (SSSR count). The number of aromatic nitrogens is 2. The molecular formula is C19H17Cl2N3O2. The zero-order chi connectivity index (χ0) is 18.5. The van der Waals surface area contributed by atoms with Crippen LogP contribution >= 0.6 is 23.2 Å². The van der Waals surface area contributed by atoms with Crippen LogP contribution < -0.4 is 10.1 Å². The molecule has 0 bridgehead atoms. The van der Waals surface area contributed by atoms with Crippen molar-refractivity contribution in [2.45, 2.75) is 13.5 Å². The number of halogens is 2. The highest BCUT2D eigenvalue weighted by Gasteiger charge is 2.10. The van der Waals surface area contributed by atoms with Crippen LogP contribution in [0.2, 0.25) is 10.0 Å². The Labute approximate surface area is 161 Å². The van der Waals surface area contributed by atoms with E-state index in [0.29, 0.717) is 28.2 Å². The fourth-order valence-corrected chi connectivity index (χ4v) is 2.93. The summed E-state index contributed by atoms with van der Waals surface area (Å²) < 4.78 is 7.17. The molecule has 0 aliphatic carbocycles. The molecule has 26 heavy (non-hydrogen) atoms. The van der Waals surface area contributed by atoms with Gasteiger partial charge in [0.05, 0.1) is 17.8 Å². The summed E-state index contributed by atoms with van der Waals surface area (Å²) in [6.07, 6.45) is 1.64. The molecule has 1 N–H and O–H groups in total. The van der Waals surface area contributed by atoms with Crippen LogP contribution in [0.5, 0.6) is 5.75 Å². The van der Waals surface area contributed by atoms with Gasteiger partial charge >= 0.3 is 0 Å². The molecule has 134 valence electrons. The Hall–Kier alpha value is -2.50. The van der Waals surface area contributed by atoms with Gasteiger partial charge in [0.2, 0.25) is 0 Å². The average molecular weight is 390 g/mol.